The molecule has 1 aliphatic rings. The van der Waals surface area contributed by atoms with Crippen LogP contribution in [0, 0.1) is 0 Å². The molecule has 1 aromatic carbocycles. The van der Waals surface area contributed by atoms with E-state index in [0.717, 1.165) is 18.8 Å². The summed E-state index contributed by atoms with van der Waals surface area (Å²) in [6, 6.07) is 8.75. The molecule has 0 aliphatic carbocycles. The Morgan fingerprint density at radius 3 is 2.58 bits per heavy atom. The SMILES string of the molecule is CNC(CC1CCCO1)c1ccc(OC(C)C)cc1. The van der Waals surface area contributed by atoms with Crippen LogP contribution in [-0.2, 0) is 4.74 Å². The molecule has 0 radical (unpaired) electrons. The van der Waals surface area contributed by atoms with Gasteiger partial charge in [0.1, 0.15) is 5.75 Å². The monoisotopic (exact) mass is 263 g/mol. The molecule has 0 bridgehead atoms. The van der Waals surface area contributed by atoms with Crippen molar-refractivity contribution in [2.45, 2.75) is 51.4 Å². The number of hydrogen-bond donors (Lipinski definition) is 1. The predicted octanol–water partition coefficient (Wildman–Crippen LogP) is 3.30. The van der Waals surface area contributed by atoms with Crippen LogP contribution in [0.4, 0.5) is 0 Å². The molecule has 106 valence electrons. The van der Waals surface area contributed by atoms with Crippen molar-refractivity contribution in [3.8, 4) is 5.75 Å². The maximum Gasteiger partial charge on any atom is 0.119 e. The van der Waals surface area contributed by atoms with Gasteiger partial charge in [0.05, 0.1) is 12.2 Å². The second-order valence-corrected chi connectivity index (χ2v) is 5.45. The van der Waals surface area contributed by atoms with Crippen molar-refractivity contribution in [3.05, 3.63) is 29.8 Å². The maximum absolute atomic E-state index is 5.72. The average molecular weight is 263 g/mol. The molecule has 0 amide bonds. The van der Waals surface area contributed by atoms with E-state index in [4.69, 9.17) is 9.47 Å². The fourth-order valence-electron chi connectivity index (χ4n) is 2.56. The molecule has 0 aromatic heterocycles. The summed E-state index contributed by atoms with van der Waals surface area (Å²) in [5.74, 6) is 0.936. The van der Waals surface area contributed by atoms with Crippen molar-refractivity contribution in [3.63, 3.8) is 0 Å². The van der Waals surface area contributed by atoms with Gasteiger partial charge in [0.2, 0.25) is 0 Å². The van der Waals surface area contributed by atoms with E-state index in [1.807, 2.05) is 20.9 Å². The van der Waals surface area contributed by atoms with Crippen molar-refractivity contribution in [1.29, 1.82) is 0 Å². The Morgan fingerprint density at radius 1 is 1.32 bits per heavy atom. The van der Waals surface area contributed by atoms with Gasteiger partial charge in [-0.1, -0.05) is 12.1 Å². The Bertz CT molecular complexity index is 369. The molecule has 3 nitrogen and oxygen atoms in total. The summed E-state index contributed by atoms with van der Waals surface area (Å²) in [7, 11) is 2.01. The highest BCUT2D eigenvalue weighted by Gasteiger charge is 2.20. The molecule has 3 heteroatoms. The van der Waals surface area contributed by atoms with E-state index in [2.05, 4.69) is 29.6 Å². The van der Waals surface area contributed by atoms with Gasteiger partial charge in [-0.05, 0) is 57.9 Å². The van der Waals surface area contributed by atoms with Crippen LogP contribution in [0.5, 0.6) is 5.75 Å². The van der Waals surface area contributed by atoms with Crippen molar-refractivity contribution in [1.82, 2.24) is 5.32 Å². The summed E-state index contributed by atoms with van der Waals surface area (Å²) in [6.45, 7) is 5.01. The molecule has 0 saturated carbocycles. The molecule has 2 rings (SSSR count). The molecule has 1 aromatic rings. The van der Waals surface area contributed by atoms with Crippen LogP contribution < -0.4 is 10.1 Å². The zero-order valence-corrected chi connectivity index (χ0v) is 12.2. The van der Waals surface area contributed by atoms with Gasteiger partial charge in [-0.2, -0.15) is 0 Å². The Balaban J connectivity index is 1.97. The van der Waals surface area contributed by atoms with Crippen LogP contribution in [0.3, 0.4) is 0 Å². The van der Waals surface area contributed by atoms with Crippen molar-refractivity contribution in [2.75, 3.05) is 13.7 Å². The Labute approximate surface area is 116 Å². The first-order chi connectivity index (χ1) is 9.19. The van der Waals surface area contributed by atoms with Gasteiger partial charge in [-0.15, -0.1) is 0 Å². The lowest BCUT2D eigenvalue weighted by Crippen LogP contribution is -2.22. The Hall–Kier alpha value is -1.06. The molecule has 19 heavy (non-hydrogen) atoms. The van der Waals surface area contributed by atoms with Crippen LogP contribution in [0.15, 0.2) is 24.3 Å². The van der Waals surface area contributed by atoms with Crippen LogP contribution in [0.25, 0.3) is 0 Å². The van der Waals surface area contributed by atoms with Gasteiger partial charge in [0.25, 0.3) is 0 Å². The molecule has 0 spiro atoms. The summed E-state index contributed by atoms with van der Waals surface area (Å²) in [5, 5.41) is 3.38. The number of hydrogen-bond acceptors (Lipinski definition) is 3. The maximum atomic E-state index is 5.72. The van der Waals surface area contributed by atoms with Gasteiger partial charge >= 0.3 is 0 Å². The summed E-state index contributed by atoms with van der Waals surface area (Å²) in [6.07, 6.45) is 4.05. The van der Waals surface area contributed by atoms with E-state index in [-0.39, 0.29) is 6.10 Å². The molecule has 1 saturated heterocycles. The first-order valence-corrected chi connectivity index (χ1v) is 7.24. The quantitative estimate of drug-likeness (QED) is 0.854. The third-order valence-electron chi connectivity index (χ3n) is 3.53. The molecule has 1 aliphatic heterocycles. The van der Waals surface area contributed by atoms with Gasteiger partial charge in [-0.25, -0.2) is 0 Å². The van der Waals surface area contributed by atoms with E-state index < -0.39 is 0 Å². The van der Waals surface area contributed by atoms with Gasteiger partial charge < -0.3 is 14.8 Å². The second-order valence-electron chi connectivity index (χ2n) is 5.45. The number of rotatable bonds is 6. The predicted molar refractivity (Wildman–Crippen MR) is 77.6 cm³/mol. The smallest absolute Gasteiger partial charge is 0.119 e. The molecule has 1 heterocycles. The number of benzene rings is 1. The summed E-state index contributed by atoms with van der Waals surface area (Å²) >= 11 is 0. The van der Waals surface area contributed by atoms with Crippen molar-refractivity contribution in [2.24, 2.45) is 0 Å². The summed E-state index contributed by atoms with van der Waals surface area (Å²) in [5.41, 5.74) is 1.30. The lowest BCUT2D eigenvalue weighted by molar-refractivity contribution is 0.0954. The highest BCUT2D eigenvalue weighted by Crippen LogP contribution is 2.26. The van der Waals surface area contributed by atoms with E-state index in [0.29, 0.717) is 12.1 Å². The Kier molecular flexibility index (Phi) is 5.23. The fraction of sp³-hybridized carbons (Fsp3) is 0.625. The summed E-state index contributed by atoms with van der Waals surface area (Å²) in [4.78, 5) is 0. The molecule has 2 atom stereocenters. The first kappa shape index (κ1) is 14.4. The highest BCUT2D eigenvalue weighted by atomic mass is 16.5. The van der Waals surface area contributed by atoms with Gasteiger partial charge in [0.15, 0.2) is 0 Å². The van der Waals surface area contributed by atoms with Crippen LogP contribution in [-0.4, -0.2) is 25.9 Å². The van der Waals surface area contributed by atoms with E-state index in [9.17, 15) is 0 Å². The van der Waals surface area contributed by atoms with Crippen molar-refractivity contribution < 1.29 is 9.47 Å². The van der Waals surface area contributed by atoms with Crippen LogP contribution in [0.2, 0.25) is 0 Å². The largest absolute Gasteiger partial charge is 0.491 e. The Morgan fingerprint density at radius 2 is 2.05 bits per heavy atom. The molecular formula is C16H25NO2. The first-order valence-electron chi connectivity index (χ1n) is 7.24. The lowest BCUT2D eigenvalue weighted by atomic mass is 9.99. The van der Waals surface area contributed by atoms with Crippen LogP contribution in [0.1, 0.15) is 44.7 Å². The third kappa shape index (κ3) is 4.22. The standard InChI is InChI=1S/C16H25NO2/c1-12(2)19-14-8-6-13(7-9-14)16(17-3)11-15-5-4-10-18-15/h6-9,12,15-17H,4-5,10-11H2,1-3H3. The molecule has 1 N–H and O–H groups in total. The van der Waals surface area contributed by atoms with E-state index >= 15 is 0 Å². The minimum Gasteiger partial charge on any atom is -0.491 e. The molecular weight excluding hydrogens is 238 g/mol. The second kappa shape index (κ2) is 6.92. The molecule has 1 fully saturated rings. The topological polar surface area (TPSA) is 30.5 Å². The number of nitrogens with one attached hydrogen (secondary N) is 1. The lowest BCUT2D eigenvalue weighted by Gasteiger charge is -2.20. The van der Waals surface area contributed by atoms with Crippen LogP contribution >= 0.6 is 0 Å². The fourth-order valence-corrected chi connectivity index (χ4v) is 2.56. The average Bonchev–Trinajstić information content (AvgIpc) is 2.89. The normalized spacial score (nSPS) is 20.7. The third-order valence-corrected chi connectivity index (χ3v) is 3.53. The van der Waals surface area contributed by atoms with Gasteiger partial charge in [0, 0.05) is 12.6 Å². The van der Waals surface area contributed by atoms with E-state index in [1.54, 1.807) is 0 Å². The van der Waals surface area contributed by atoms with Crippen molar-refractivity contribution >= 4 is 0 Å². The zero-order valence-electron chi connectivity index (χ0n) is 12.2. The highest BCUT2D eigenvalue weighted by molar-refractivity contribution is 5.29. The van der Waals surface area contributed by atoms with E-state index in [1.165, 1.54) is 18.4 Å². The zero-order chi connectivity index (χ0) is 13.7. The minimum atomic E-state index is 0.220. The number of ether oxygens (including phenoxy) is 2. The van der Waals surface area contributed by atoms with Gasteiger partial charge in [-0.3, -0.25) is 0 Å². The molecule has 2 unspecified atom stereocenters. The summed E-state index contributed by atoms with van der Waals surface area (Å²) < 4.78 is 11.4. The minimum absolute atomic E-state index is 0.220.